The number of hydrogen-bond donors (Lipinski definition) is 1. The van der Waals surface area contributed by atoms with Gasteiger partial charge in [0.05, 0.1) is 10.6 Å². The molecule has 0 spiro atoms. The highest BCUT2D eigenvalue weighted by atomic mass is 32.1. The van der Waals surface area contributed by atoms with Crippen LogP contribution in [0.5, 0.6) is 0 Å². The second-order valence-electron chi connectivity index (χ2n) is 2.79. The second-order valence-corrected chi connectivity index (χ2v) is 3.63. The normalized spacial score (nSPS) is 10.4. The van der Waals surface area contributed by atoms with E-state index in [-0.39, 0.29) is 0 Å². The van der Waals surface area contributed by atoms with Crippen molar-refractivity contribution in [1.82, 2.24) is 19.9 Å². The molecule has 0 saturated carbocycles. The van der Waals surface area contributed by atoms with E-state index in [0.717, 1.165) is 22.8 Å². The fourth-order valence-corrected chi connectivity index (χ4v) is 1.84. The number of nitrogens with zero attached hydrogens (tertiary/aromatic N) is 3. The lowest BCUT2D eigenvalue weighted by atomic mass is 10.2. The highest BCUT2D eigenvalue weighted by Gasteiger charge is 2.09. The van der Waals surface area contributed by atoms with E-state index in [1.807, 2.05) is 25.2 Å². The minimum absolute atomic E-state index is 0.781. The van der Waals surface area contributed by atoms with Crippen LogP contribution < -0.4 is 5.32 Å². The van der Waals surface area contributed by atoms with Crippen LogP contribution in [0.2, 0.25) is 0 Å². The van der Waals surface area contributed by atoms with Gasteiger partial charge in [-0.25, -0.2) is 0 Å². The lowest BCUT2D eigenvalue weighted by Gasteiger charge is -1.98. The first-order valence-electron chi connectivity index (χ1n) is 4.29. The third-order valence-electron chi connectivity index (χ3n) is 1.80. The molecule has 0 fully saturated rings. The zero-order valence-electron chi connectivity index (χ0n) is 7.77. The largest absolute Gasteiger partial charge is 0.315 e. The van der Waals surface area contributed by atoms with Crippen LogP contribution in [0.1, 0.15) is 4.88 Å². The van der Waals surface area contributed by atoms with Gasteiger partial charge in [-0.2, -0.15) is 0 Å². The highest BCUT2D eigenvalue weighted by molar-refractivity contribution is 7.05. The fraction of sp³-hybridized carbons (Fsp3) is 0.222. The Kier molecular flexibility index (Phi) is 2.81. The Balaban J connectivity index is 2.37. The molecule has 0 aliphatic carbocycles. The molecule has 0 atom stereocenters. The van der Waals surface area contributed by atoms with Crippen LogP contribution in [0, 0.1) is 0 Å². The third-order valence-corrected chi connectivity index (χ3v) is 2.52. The first-order chi connectivity index (χ1) is 6.92. The predicted octanol–water partition coefficient (Wildman–Crippen LogP) is 1.32. The van der Waals surface area contributed by atoms with E-state index in [0.29, 0.717) is 0 Å². The van der Waals surface area contributed by atoms with E-state index < -0.39 is 0 Å². The minimum atomic E-state index is 0.781. The molecule has 1 N–H and O–H groups in total. The van der Waals surface area contributed by atoms with Gasteiger partial charge in [0.1, 0.15) is 5.69 Å². The Bertz CT molecular complexity index is 398. The predicted molar refractivity (Wildman–Crippen MR) is 55.9 cm³/mol. The van der Waals surface area contributed by atoms with Crippen molar-refractivity contribution in [2.75, 3.05) is 7.05 Å². The summed E-state index contributed by atoms with van der Waals surface area (Å²) in [6, 6.07) is 5.78. The van der Waals surface area contributed by atoms with Gasteiger partial charge in [0, 0.05) is 12.7 Å². The van der Waals surface area contributed by atoms with E-state index in [4.69, 9.17) is 0 Å². The quantitative estimate of drug-likeness (QED) is 0.823. The SMILES string of the molecule is CNCc1snnc1-c1ccccn1. The first kappa shape index (κ1) is 9.23. The van der Waals surface area contributed by atoms with E-state index in [1.165, 1.54) is 11.5 Å². The zero-order valence-corrected chi connectivity index (χ0v) is 8.58. The molecule has 2 heterocycles. The van der Waals surface area contributed by atoms with Crippen molar-refractivity contribution in [2.24, 2.45) is 0 Å². The third kappa shape index (κ3) is 1.78. The van der Waals surface area contributed by atoms with Crippen LogP contribution >= 0.6 is 11.5 Å². The smallest absolute Gasteiger partial charge is 0.128 e. The number of nitrogens with one attached hydrogen (secondary N) is 1. The molecule has 2 aromatic rings. The molecular formula is C9H10N4S. The monoisotopic (exact) mass is 206 g/mol. The Morgan fingerprint density at radius 3 is 3.07 bits per heavy atom. The molecule has 0 amide bonds. The van der Waals surface area contributed by atoms with Crippen molar-refractivity contribution >= 4 is 11.5 Å². The van der Waals surface area contributed by atoms with Crippen molar-refractivity contribution < 1.29 is 0 Å². The molecule has 0 radical (unpaired) electrons. The van der Waals surface area contributed by atoms with Crippen molar-refractivity contribution in [3.63, 3.8) is 0 Å². The van der Waals surface area contributed by atoms with Gasteiger partial charge in [-0.1, -0.05) is 10.6 Å². The summed E-state index contributed by atoms with van der Waals surface area (Å²) in [6.45, 7) is 0.781. The van der Waals surface area contributed by atoms with Gasteiger partial charge in [0.2, 0.25) is 0 Å². The lowest BCUT2D eigenvalue weighted by molar-refractivity contribution is 0.830. The molecule has 2 aromatic heterocycles. The topological polar surface area (TPSA) is 50.7 Å². The van der Waals surface area contributed by atoms with Gasteiger partial charge in [-0.15, -0.1) is 5.10 Å². The summed E-state index contributed by atoms with van der Waals surface area (Å²) in [5, 5.41) is 7.15. The van der Waals surface area contributed by atoms with Crippen molar-refractivity contribution in [1.29, 1.82) is 0 Å². The Morgan fingerprint density at radius 1 is 1.43 bits per heavy atom. The number of pyridine rings is 1. The van der Waals surface area contributed by atoms with Crippen LogP contribution in [-0.2, 0) is 6.54 Å². The van der Waals surface area contributed by atoms with Crippen molar-refractivity contribution in [3.05, 3.63) is 29.3 Å². The van der Waals surface area contributed by atoms with Crippen LogP contribution in [0.25, 0.3) is 11.4 Å². The lowest BCUT2D eigenvalue weighted by Crippen LogP contribution is -2.04. The molecule has 4 nitrogen and oxygen atoms in total. The summed E-state index contributed by atoms with van der Waals surface area (Å²) in [6.07, 6.45) is 1.76. The number of rotatable bonds is 3. The second kappa shape index (κ2) is 4.26. The van der Waals surface area contributed by atoms with Gasteiger partial charge in [0.25, 0.3) is 0 Å². The molecule has 0 unspecified atom stereocenters. The molecule has 72 valence electrons. The summed E-state index contributed by atoms with van der Waals surface area (Å²) in [5.74, 6) is 0. The first-order valence-corrected chi connectivity index (χ1v) is 5.06. The van der Waals surface area contributed by atoms with E-state index in [9.17, 15) is 0 Å². The summed E-state index contributed by atoms with van der Waals surface area (Å²) >= 11 is 1.41. The van der Waals surface area contributed by atoms with Crippen molar-refractivity contribution in [2.45, 2.75) is 6.54 Å². The summed E-state index contributed by atoms with van der Waals surface area (Å²) in [7, 11) is 1.90. The maximum absolute atomic E-state index is 4.24. The molecule has 2 rings (SSSR count). The van der Waals surface area contributed by atoms with Gasteiger partial charge in [0.15, 0.2) is 0 Å². The zero-order chi connectivity index (χ0) is 9.80. The van der Waals surface area contributed by atoms with E-state index in [1.54, 1.807) is 6.20 Å². The highest BCUT2D eigenvalue weighted by Crippen LogP contribution is 2.20. The summed E-state index contributed by atoms with van der Waals surface area (Å²) in [5.41, 5.74) is 1.76. The van der Waals surface area contributed by atoms with Crippen molar-refractivity contribution in [3.8, 4) is 11.4 Å². The summed E-state index contributed by atoms with van der Waals surface area (Å²) in [4.78, 5) is 5.36. The average molecular weight is 206 g/mol. The molecule has 0 aromatic carbocycles. The summed E-state index contributed by atoms with van der Waals surface area (Å²) < 4.78 is 3.93. The number of aromatic nitrogens is 3. The molecule has 0 aliphatic heterocycles. The molecule has 0 bridgehead atoms. The van der Waals surface area contributed by atoms with Gasteiger partial charge in [-0.05, 0) is 30.7 Å². The minimum Gasteiger partial charge on any atom is -0.315 e. The maximum atomic E-state index is 4.24. The maximum Gasteiger partial charge on any atom is 0.128 e. The molecule has 14 heavy (non-hydrogen) atoms. The van der Waals surface area contributed by atoms with Gasteiger partial charge < -0.3 is 5.32 Å². The Morgan fingerprint density at radius 2 is 2.36 bits per heavy atom. The molecular weight excluding hydrogens is 196 g/mol. The number of hydrogen-bond acceptors (Lipinski definition) is 5. The Hall–Kier alpha value is -1.33. The standard InChI is InChI=1S/C9H10N4S/c1-10-6-8-9(12-13-14-8)7-4-2-3-5-11-7/h2-5,10H,6H2,1H3. The molecule has 0 saturated heterocycles. The van der Waals surface area contributed by atoms with Crippen LogP contribution in [0.3, 0.4) is 0 Å². The van der Waals surface area contributed by atoms with Crippen LogP contribution in [0.15, 0.2) is 24.4 Å². The average Bonchev–Trinajstić information content (AvgIpc) is 2.68. The Labute approximate surface area is 86.2 Å². The van der Waals surface area contributed by atoms with Gasteiger partial charge >= 0.3 is 0 Å². The molecule has 5 heteroatoms. The van der Waals surface area contributed by atoms with Crippen LogP contribution in [-0.4, -0.2) is 21.6 Å². The van der Waals surface area contributed by atoms with E-state index >= 15 is 0 Å². The molecule has 0 aliphatic rings. The van der Waals surface area contributed by atoms with Crippen LogP contribution in [0.4, 0.5) is 0 Å². The van der Waals surface area contributed by atoms with Gasteiger partial charge in [-0.3, -0.25) is 4.98 Å². The van der Waals surface area contributed by atoms with E-state index in [2.05, 4.69) is 19.9 Å². The fourth-order valence-electron chi connectivity index (χ4n) is 1.18.